The Kier molecular flexibility index (Phi) is 44.0. The van der Waals surface area contributed by atoms with E-state index in [2.05, 4.69) is 77.1 Å². The van der Waals surface area contributed by atoms with Crippen LogP contribution in [-0.2, 0) is 12.8 Å². The Labute approximate surface area is 859 Å². The van der Waals surface area contributed by atoms with Crippen LogP contribution < -0.4 is 31.3 Å². The highest BCUT2D eigenvalue weighted by atomic mass is 19.1. The maximum atomic E-state index is 13.8. The molecule has 0 radical (unpaired) electrons. The van der Waals surface area contributed by atoms with Crippen LogP contribution in [0.25, 0.3) is 10.8 Å². The van der Waals surface area contributed by atoms with E-state index in [-0.39, 0.29) is 63.1 Å². The lowest BCUT2D eigenvalue weighted by molar-refractivity contribution is -0.384. The molecule has 13 aromatic carbocycles. The number of ether oxygens (including phenoxy) is 1. The minimum atomic E-state index is -0.596. The number of piperazine rings is 3. The number of methoxy groups -OCH3 is 1. The van der Waals surface area contributed by atoms with E-state index in [1.165, 1.54) is 71.8 Å². The zero-order chi connectivity index (χ0) is 104. The monoisotopic (exact) mass is 1980 g/mol. The van der Waals surface area contributed by atoms with Gasteiger partial charge in [-0.2, -0.15) is 0 Å². The number of hydrogen-bond acceptors (Lipinski definition) is 19. The Balaban J connectivity index is 0.000000163. The lowest BCUT2D eigenvalue weighted by atomic mass is 10.0. The van der Waals surface area contributed by atoms with Gasteiger partial charge in [-0.3, -0.25) is 58.1 Å². The van der Waals surface area contributed by atoms with Crippen molar-refractivity contribution in [1.82, 2.24) is 29.4 Å². The molecule has 3 heterocycles. The molecule has 16 rings (SSSR count). The normalized spacial score (nSPS) is 13.3. The van der Waals surface area contributed by atoms with Crippen LogP contribution in [0, 0.1) is 21.7 Å². The summed E-state index contributed by atoms with van der Waals surface area (Å²) in [5, 5.41) is 26.6. The molecule has 3 aliphatic rings. The molecule has 0 aliphatic carbocycles. The molecule has 5 amide bonds. The third-order valence-corrected chi connectivity index (χ3v) is 25.9. The number of para-hydroxylation sites is 5. The first-order valence-electron chi connectivity index (χ1n) is 50.3. The molecule has 25 nitrogen and oxygen atoms in total. The summed E-state index contributed by atoms with van der Waals surface area (Å²) in [7, 11) is 8.04. The zero-order valence-corrected chi connectivity index (χ0v) is 84.0. The molecule has 0 bridgehead atoms. The van der Waals surface area contributed by atoms with Crippen LogP contribution in [0.15, 0.2) is 322 Å². The molecule has 0 aromatic heterocycles. The van der Waals surface area contributed by atoms with E-state index < -0.39 is 34.3 Å². The summed E-state index contributed by atoms with van der Waals surface area (Å²) in [5.41, 5.74) is 8.50. The van der Waals surface area contributed by atoms with Crippen molar-refractivity contribution in [3.63, 3.8) is 0 Å². The fraction of sp³-hybridized carbons (Fsp3) is 0.283. The van der Waals surface area contributed by atoms with Crippen molar-refractivity contribution < 1.29 is 66.4 Å². The summed E-state index contributed by atoms with van der Waals surface area (Å²) >= 11 is 0. The van der Waals surface area contributed by atoms with E-state index >= 15 is 0 Å². The first-order valence-corrected chi connectivity index (χ1v) is 50.3. The van der Waals surface area contributed by atoms with Gasteiger partial charge < -0.3 is 60.7 Å². The van der Waals surface area contributed by atoms with Crippen molar-refractivity contribution in [3.8, 4) is 5.75 Å². The number of ketones is 5. The number of nitro benzene ring substituents is 1. The molecule has 0 spiro atoms. The SMILES string of the molecule is CN1CCN(CCCCC(=O)c2ccccc2NC(=O)c2cccc3ccccc23)CC1.CN1CCN(CCCCC(=O)c2ccccc2NC(=O)c2ccccc2F)CC1.COc1ccc(C(=O)Nc2ccccc2C(=O)CCCCN2CCN(C)CC2)cc1.O=C(Nc1ccccc1C(=O)CCCc1ccccc1)c1ccc([N+](=O)[O-])cc1.O=C(Nc1ccccc1C(=O)CCCc1ccccc1)c1ccccc1F. The molecule has 5 N–H and O–H groups in total. The van der Waals surface area contributed by atoms with Crippen LogP contribution in [0.2, 0.25) is 0 Å². The van der Waals surface area contributed by atoms with Crippen LogP contribution in [0.1, 0.15) is 198 Å². The third kappa shape index (κ3) is 35.3. The average molecular weight is 1990 g/mol. The van der Waals surface area contributed by atoms with Gasteiger partial charge in [0.25, 0.3) is 35.2 Å². The molecule has 0 unspecified atom stereocenters. The quantitative estimate of drug-likeness (QED) is 0.0103. The lowest BCUT2D eigenvalue weighted by Gasteiger charge is -2.32. The van der Waals surface area contributed by atoms with E-state index in [0.29, 0.717) is 112 Å². The number of aryl methyl sites for hydroxylation is 2. The van der Waals surface area contributed by atoms with Crippen molar-refractivity contribution in [3.05, 3.63) is 410 Å². The van der Waals surface area contributed by atoms with Gasteiger partial charge in [0, 0.05) is 167 Å². The third-order valence-electron chi connectivity index (χ3n) is 25.9. The standard InChI is InChI=1S/C27H31N3O2.C24H31N3O3.C23H28FN3O2.C23H20FNO2.C23H20N2O4/c1-29-17-19-30(20-18-29)16-7-6-15-26(31)24-12-4-5-14-25(24)28-27(32)23-13-8-10-21-9-2-3-11-22(21)23;1-26-15-17-27(18-16-26)14-6-5-9-23(28)21-7-3-4-8-22(21)25-24(29)19-10-12-20(30-2)13-11-19;1-26-14-16-27(17-15-26)13-7-6-12-22(28)19-9-3-5-11-21(19)25-23(29)18-8-2-4-10-20(18)24;24-20-14-6-4-12-18(20)23(27)25-21-15-7-5-13-19(21)22(26)16-8-11-17-9-2-1-3-10-17;26-22(12-6-9-17-7-2-1-3-8-17)20-10-4-5-11-21(20)24-23(27)18-13-15-19(16-14-18)25(28)29/h2-5,8-14H,6-7,15-20H2,1H3,(H,28,32);3-4,7-8,10-13H,5-6,9,14-18H2,1-2H3,(H,25,29);2-5,8-11H,6-7,12-17H2,1H3,(H,25,29);1-7,9-10,12-15H,8,11,16H2,(H,25,27);1-5,7-8,10-11,13-16H,6,9,12H2,(H,24,27). The predicted octanol–water partition coefficient (Wildman–Crippen LogP) is 22.3. The zero-order valence-electron chi connectivity index (χ0n) is 84.0. The molecule has 13 aromatic rings. The Bertz CT molecular complexity index is 6540. The number of anilines is 5. The van der Waals surface area contributed by atoms with Gasteiger partial charge in [-0.05, 0) is 254 Å². The first-order chi connectivity index (χ1) is 71.4. The second-order valence-electron chi connectivity index (χ2n) is 36.6. The number of unbranched alkanes of at least 4 members (excludes halogenated alkanes) is 3. The topological polar surface area (TPSA) is 303 Å². The van der Waals surface area contributed by atoms with Gasteiger partial charge in [-0.1, -0.05) is 182 Å². The van der Waals surface area contributed by atoms with Crippen molar-refractivity contribution >= 4 is 103 Å². The van der Waals surface area contributed by atoms with Gasteiger partial charge in [0.1, 0.15) is 17.4 Å². The molecule has 0 atom stereocenters. The summed E-state index contributed by atoms with van der Waals surface area (Å²) in [5.74, 6) is -2.43. The molecule has 27 heteroatoms. The highest BCUT2D eigenvalue weighted by Crippen LogP contribution is 2.29. The van der Waals surface area contributed by atoms with Gasteiger partial charge in [0.05, 0.1) is 51.6 Å². The molecule has 0 saturated carbocycles. The highest BCUT2D eigenvalue weighted by Gasteiger charge is 2.25. The van der Waals surface area contributed by atoms with Gasteiger partial charge in [-0.15, -0.1) is 0 Å². The molecule has 147 heavy (non-hydrogen) atoms. The van der Waals surface area contributed by atoms with E-state index in [1.807, 2.05) is 133 Å². The number of halogens is 2. The van der Waals surface area contributed by atoms with Crippen LogP contribution in [0.4, 0.5) is 42.9 Å². The lowest BCUT2D eigenvalue weighted by Crippen LogP contribution is -2.44. The number of rotatable bonds is 40. The Morgan fingerprint density at radius 3 is 0.878 bits per heavy atom. The number of nitro groups is 1. The number of Topliss-reactive ketones (excluding diaryl/α,β-unsaturated/α-hetero) is 5. The molecule has 3 aliphatic heterocycles. The molecule has 3 fully saturated rings. The number of hydrogen-bond donors (Lipinski definition) is 5. The number of likely N-dealkylation sites (N-methyl/N-ethyl adjacent to an activating group) is 3. The number of nitrogens with one attached hydrogen (secondary N) is 5. The minimum absolute atomic E-state index is 0.00666. The summed E-state index contributed by atoms with van der Waals surface area (Å²) in [6, 6.07) is 92.4. The maximum absolute atomic E-state index is 13.8. The van der Waals surface area contributed by atoms with Crippen LogP contribution in [-0.4, -0.2) is 219 Å². The smallest absolute Gasteiger partial charge is 0.269 e. The van der Waals surface area contributed by atoms with E-state index in [1.54, 1.807) is 135 Å². The van der Waals surface area contributed by atoms with Crippen LogP contribution >= 0.6 is 0 Å². The summed E-state index contributed by atoms with van der Waals surface area (Å²) in [4.78, 5) is 151. The number of carbonyl (C=O) groups is 10. The number of amides is 5. The summed E-state index contributed by atoms with van der Waals surface area (Å²) in [6.45, 7) is 16.3. The first kappa shape index (κ1) is 110. The van der Waals surface area contributed by atoms with Gasteiger partial charge in [0.15, 0.2) is 28.9 Å². The largest absolute Gasteiger partial charge is 0.497 e. The van der Waals surface area contributed by atoms with Crippen LogP contribution in [0.3, 0.4) is 0 Å². The van der Waals surface area contributed by atoms with E-state index in [4.69, 9.17) is 4.74 Å². The minimum Gasteiger partial charge on any atom is -0.497 e. The molecular formula is C120H130F2N12O13. The fourth-order valence-corrected chi connectivity index (χ4v) is 17.3. The van der Waals surface area contributed by atoms with Crippen LogP contribution in [0.5, 0.6) is 5.75 Å². The average Bonchev–Trinajstić information content (AvgIpc) is 0.802. The summed E-state index contributed by atoms with van der Waals surface area (Å²) < 4.78 is 32.8. The predicted molar refractivity (Wildman–Crippen MR) is 579 cm³/mol. The Morgan fingerprint density at radius 2 is 0.551 bits per heavy atom. The maximum Gasteiger partial charge on any atom is 0.269 e. The second-order valence-corrected chi connectivity index (χ2v) is 36.6. The van der Waals surface area contributed by atoms with Gasteiger partial charge in [-0.25, -0.2) is 8.78 Å². The van der Waals surface area contributed by atoms with Crippen molar-refractivity contribution in [2.24, 2.45) is 0 Å². The second kappa shape index (κ2) is 58.6. The Morgan fingerprint density at radius 1 is 0.286 bits per heavy atom. The fourth-order valence-electron chi connectivity index (χ4n) is 17.3. The van der Waals surface area contributed by atoms with Crippen molar-refractivity contribution in [2.45, 2.75) is 96.3 Å². The number of non-ortho nitro benzene ring substituents is 1. The van der Waals surface area contributed by atoms with E-state index in [9.17, 15) is 66.8 Å². The molecular weight excluding hydrogens is 1860 g/mol. The van der Waals surface area contributed by atoms with Crippen molar-refractivity contribution in [2.75, 3.05) is 153 Å². The van der Waals surface area contributed by atoms with E-state index in [0.717, 1.165) is 167 Å². The highest BCUT2D eigenvalue weighted by molar-refractivity contribution is 6.16. The number of fused-ring (bicyclic) bond motifs is 1. The number of benzene rings is 13. The Hall–Kier alpha value is -15.4. The molecule has 762 valence electrons. The number of carbonyl (C=O) groups excluding carboxylic acids is 10. The molecule has 3 saturated heterocycles. The number of nitrogens with zero attached hydrogens (tertiary/aromatic N) is 7. The summed E-state index contributed by atoms with van der Waals surface area (Å²) in [6.07, 6.45) is 10.7. The van der Waals surface area contributed by atoms with Crippen molar-refractivity contribution in [1.29, 1.82) is 0 Å². The van der Waals surface area contributed by atoms with Gasteiger partial charge >= 0.3 is 0 Å². The van der Waals surface area contributed by atoms with Gasteiger partial charge in [0.2, 0.25) is 0 Å².